The van der Waals surface area contributed by atoms with Crippen LogP contribution in [-0.2, 0) is 16.1 Å². The molecule has 5 heteroatoms. The van der Waals surface area contributed by atoms with Gasteiger partial charge in [-0.3, -0.25) is 9.59 Å². The average molecular weight is 340 g/mol. The lowest BCUT2D eigenvalue weighted by molar-refractivity contribution is -0.146. The molecule has 1 aromatic carbocycles. The van der Waals surface area contributed by atoms with Gasteiger partial charge in [0.25, 0.3) is 0 Å². The van der Waals surface area contributed by atoms with E-state index in [4.69, 9.17) is 5.11 Å². The highest BCUT2D eigenvalue weighted by atomic mass is 79.9. The van der Waals surface area contributed by atoms with E-state index in [0.29, 0.717) is 12.5 Å². The number of amides is 1. The summed E-state index contributed by atoms with van der Waals surface area (Å²) in [4.78, 5) is 24.8. The fraction of sp³-hybridized carbons (Fsp3) is 0.467. The lowest BCUT2D eigenvalue weighted by atomic mass is 10.0. The predicted octanol–water partition coefficient (Wildman–Crippen LogP) is 2.91. The monoisotopic (exact) mass is 339 g/mol. The fourth-order valence-corrected chi connectivity index (χ4v) is 2.76. The Hall–Kier alpha value is -1.36. The second-order valence-corrected chi connectivity index (χ2v) is 6.26. The maximum absolute atomic E-state index is 12.4. The van der Waals surface area contributed by atoms with Gasteiger partial charge in [0.2, 0.25) is 5.91 Å². The molecule has 1 aromatic rings. The Morgan fingerprint density at radius 3 is 2.70 bits per heavy atom. The molecule has 1 aliphatic rings. The minimum absolute atomic E-state index is 0.0603. The first-order valence-electron chi connectivity index (χ1n) is 6.72. The maximum atomic E-state index is 12.4. The van der Waals surface area contributed by atoms with Crippen LogP contribution in [-0.4, -0.2) is 28.4 Å². The summed E-state index contributed by atoms with van der Waals surface area (Å²) in [5.41, 5.74) is 0.928. The zero-order valence-corrected chi connectivity index (χ0v) is 13.0. The summed E-state index contributed by atoms with van der Waals surface area (Å²) in [6.45, 7) is 1.99. The molecule has 20 heavy (non-hydrogen) atoms. The van der Waals surface area contributed by atoms with E-state index < -0.39 is 5.97 Å². The topological polar surface area (TPSA) is 57.6 Å². The summed E-state index contributed by atoms with van der Waals surface area (Å²) in [7, 11) is 0. The van der Waals surface area contributed by atoms with Gasteiger partial charge in [0, 0.05) is 16.9 Å². The Morgan fingerprint density at radius 1 is 1.45 bits per heavy atom. The molecule has 0 spiro atoms. The van der Waals surface area contributed by atoms with Crippen molar-refractivity contribution in [2.24, 2.45) is 11.8 Å². The van der Waals surface area contributed by atoms with E-state index in [1.165, 1.54) is 4.90 Å². The summed E-state index contributed by atoms with van der Waals surface area (Å²) in [6.07, 6.45) is 2.15. The Kier molecular flexibility index (Phi) is 4.81. The van der Waals surface area contributed by atoms with Gasteiger partial charge in [0.1, 0.15) is 6.54 Å². The number of carboxylic acid groups (broad SMARTS) is 1. The molecule has 0 aliphatic heterocycles. The second-order valence-electron chi connectivity index (χ2n) is 5.34. The van der Waals surface area contributed by atoms with E-state index in [1.54, 1.807) is 0 Å². The fourth-order valence-electron chi connectivity index (χ4n) is 2.32. The zero-order valence-electron chi connectivity index (χ0n) is 11.4. The van der Waals surface area contributed by atoms with Crippen LogP contribution in [0, 0.1) is 11.8 Å². The molecule has 0 bridgehead atoms. The molecule has 1 aliphatic carbocycles. The number of carboxylic acids is 1. The summed E-state index contributed by atoms with van der Waals surface area (Å²) in [6, 6.07) is 7.59. The first-order valence-corrected chi connectivity index (χ1v) is 7.51. The van der Waals surface area contributed by atoms with Gasteiger partial charge in [-0.05, 0) is 36.5 Å². The third kappa shape index (κ3) is 4.07. The Morgan fingerprint density at radius 2 is 2.15 bits per heavy atom. The van der Waals surface area contributed by atoms with Crippen molar-refractivity contribution in [2.75, 3.05) is 6.54 Å². The van der Waals surface area contributed by atoms with Crippen LogP contribution in [0.4, 0.5) is 0 Å². The summed E-state index contributed by atoms with van der Waals surface area (Å²) >= 11 is 3.38. The van der Waals surface area contributed by atoms with Crippen LogP contribution in [0.2, 0.25) is 0 Å². The lowest BCUT2D eigenvalue weighted by Crippen LogP contribution is -2.39. The molecule has 2 rings (SSSR count). The number of rotatable bonds is 6. The predicted molar refractivity (Wildman–Crippen MR) is 79.1 cm³/mol. The molecule has 1 atom stereocenters. The van der Waals surface area contributed by atoms with Crippen molar-refractivity contribution in [3.05, 3.63) is 34.3 Å². The van der Waals surface area contributed by atoms with Gasteiger partial charge in [-0.1, -0.05) is 35.0 Å². The van der Waals surface area contributed by atoms with Crippen LogP contribution in [0.15, 0.2) is 28.7 Å². The van der Waals surface area contributed by atoms with Crippen molar-refractivity contribution in [3.8, 4) is 0 Å². The molecule has 1 amide bonds. The van der Waals surface area contributed by atoms with Gasteiger partial charge in [-0.15, -0.1) is 0 Å². The highest BCUT2D eigenvalue weighted by Gasteiger charge is 2.35. The van der Waals surface area contributed by atoms with E-state index in [1.807, 2.05) is 31.2 Å². The smallest absolute Gasteiger partial charge is 0.323 e. The average Bonchev–Trinajstić information content (AvgIpc) is 3.20. The summed E-state index contributed by atoms with van der Waals surface area (Å²) in [5.74, 6) is -0.686. The molecular weight excluding hydrogens is 322 g/mol. The Labute approximate surface area is 126 Å². The molecule has 0 saturated heterocycles. The number of hydrogen-bond acceptors (Lipinski definition) is 2. The van der Waals surface area contributed by atoms with Gasteiger partial charge >= 0.3 is 5.97 Å². The van der Waals surface area contributed by atoms with Gasteiger partial charge < -0.3 is 10.0 Å². The number of halogens is 1. The molecular formula is C15H18BrNO3. The van der Waals surface area contributed by atoms with Gasteiger partial charge in [-0.2, -0.15) is 0 Å². The van der Waals surface area contributed by atoms with Crippen LogP contribution in [0.1, 0.15) is 25.3 Å². The van der Waals surface area contributed by atoms with E-state index in [0.717, 1.165) is 22.9 Å². The van der Waals surface area contributed by atoms with Gasteiger partial charge in [0.15, 0.2) is 0 Å². The van der Waals surface area contributed by atoms with Crippen molar-refractivity contribution in [1.29, 1.82) is 0 Å². The molecule has 1 unspecified atom stereocenters. The molecule has 0 radical (unpaired) electrons. The number of benzene rings is 1. The lowest BCUT2D eigenvalue weighted by Gasteiger charge is -2.24. The van der Waals surface area contributed by atoms with Crippen molar-refractivity contribution in [2.45, 2.75) is 26.3 Å². The third-order valence-corrected chi connectivity index (χ3v) is 4.11. The highest BCUT2D eigenvalue weighted by Crippen LogP contribution is 2.37. The first kappa shape index (κ1) is 15.0. The maximum Gasteiger partial charge on any atom is 0.323 e. The largest absolute Gasteiger partial charge is 0.480 e. The molecule has 4 nitrogen and oxygen atoms in total. The third-order valence-electron chi connectivity index (χ3n) is 3.62. The standard InChI is InChI=1S/C15H18BrNO3/c1-10(12-5-6-12)15(20)17(9-14(18)19)8-11-3-2-4-13(16)7-11/h2-4,7,10,12H,5-6,8-9H2,1H3,(H,18,19). The Bertz CT molecular complexity index is 514. The quantitative estimate of drug-likeness (QED) is 0.866. The van der Waals surface area contributed by atoms with Crippen molar-refractivity contribution < 1.29 is 14.7 Å². The number of nitrogens with zero attached hydrogens (tertiary/aromatic N) is 1. The zero-order chi connectivity index (χ0) is 14.7. The van der Waals surface area contributed by atoms with Crippen molar-refractivity contribution in [3.63, 3.8) is 0 Å². The molecule has 0 heterocycles. The van der Waals surface area contributed by atoms with Crippen LogP contribution in [0.3, 0.4) is 0 Å². The van der Waals surface area contributed by atoms with E-state index in [9.17, 15) is 9.59 Å². The minimum Gasteiger partial charge on any atom is -0.480 e. The molecule has 1 saturated carbocycles. The van der Waals surface area contributed by atoms with E-state index in [-0.39, 0.29) is 18.4 Å². The van der Waals surface area contributed by atoms with Crippen LogP contribution < -0.4 is 0 Å². The summed E-state index contributed by atoms with van der Waals surface area (Å²) in [5, 5.41) is 9.00. The van der Waals surface area contributed by atoms with Crippen molar-refractivity contribution in [1.82, 2.24) is 4.90 Å². The van der Waals surface area contributed by atoms with Gasteiger partial charge in [0.05, 0.1) is 0 Å². The normalized spacial score (nSPS) is 15.7. The van der Waals surface area contributed by atoms with Crippen LogP contribution in [0.5, 0.6) is 0 Å². The summed E-state index contributed by atoms with van der Waals surface area (Å²) < 4.78 is 0.924. The van der Waals surface area contributed by atoms with E-state index in [2.05, 4.69) is 15.9 Å². The van der Waals surface area contributed by atoms with E-state index >= 15 is 0 Å². The number of hydrogen-bond donors (Lipinski definition) is 1. The number of carbonyl (C=O) groups is 2. The van der Waals surface area contributed by atoms with Crippen LogP contribution >= 0.6 is 15.9 Å². The molecule has 1 fully saturated rings. The van der Waals surface area contributed by atoms with Crippen LogP contribution in [0.25, 0.3) is 0 Å². The second kappa shape index (κ2) is 6.39. The highest BCUT2D eigenvalue weighted by molar-refractivity contribution is 9.10. The SMILES string of the molecule is CC(C(=O)N(CC(=O)O)Cc1cccc(Br)c1)C1CC1. The van der Waals surface area contributed by atoms with Gasteiger partial charge in [-0.25, -0.2) is 0 Å². The first-order chi connectivity index (χ1) is 9.47. The Balaban J connectivity index is 2.10. The molecule has 108 valence electrons. The number of carbonyl (C=O) groups excluding carboxylic acids is 1. The number of aliphatic carboxylic acids is 1. The minimum atomic E-state index is -0.976. The molecule has 1 N–H and O–H groups in total. The molecule has 0 aromatic heterocycles. The van der Waals surface area contributed by atoms with Crippen molar-refractivity contribution >= 4 is 27.8 Å².